The predicted molar refractivity (Wildman–Crippen MR) is 68.8 cm³/mol. The Labute approximate surface area is 116 Å². The second-order valence-electron chi connectivity index (χ2n) is 4.23. The van der Waals surface area contributed by atoms with Gasteiger partial charge in [-0.25, -0.2) is 9.59 Å². The number of carboxylic acid groups (broad SMARTS) is 1. The van der Waals surface area contributed by atoms with Gasteiger partial charge >= 0.3 is 12.1 Å². The first-order valence-corrected chi connectivity index (χ1v) is 5.85. The Balaban J connectivity index is 2.40. The minimum atomic E-state index is -1.68. The Bertz CT molecular complexity index is 449. The largest absolute Gasteiger partial charge is 0.479 e. The van der Waals surface area contributed by atoms with Gasteiger partial charge in [-0.3, -0.25) is 4.84 Å². The Morgan fingerprint density at radius 2 is 1.95 bits per heavy atom. The molecule has 7 nitrogen and oxygen atoms in total. The molecule has 1 atom stereocenters. The lowest BCUT2D eigenvalue weighted by atomic mass is 10.1. The molecule has 0 radical (unpaired) electrons. The minimum Gasteiger partial charge on any atom is -0.479 e. The van der Waals surface area contributed by atoms with Crippen molar-refractivity contribution in [2.75, 3.05) is 13.7 Å². The summed E-state index contributed by atoms with van der Waals surface area (Å²) in [7, 11) is 1.33. The molecule has 1 amide bonds. The van der Waals surface area contributed by atoms with Gasteiger partial charge in [-0.1, -0.05) is 30.3 Å². The third-order valence-electron chi connectivity index (χ3n) is 2.44. The fraction of sp³-hybridized carbons (Fsp3) is 0.385. The van der Waals surface area contributed by atoms with E-state index in [1.165, 1.54) is 14.0 Å². The van der Waals surface area contributed by atoms with Crippen molar-refractivity contribution >= 4 is 12.1 Å². The second-order valence-corrected chi connectivity index (χ2v) is 4.23. The maximum absolute atomic E-state index is 11.4. The number of benzene rings is 1. The monoisotopic (exact) mass is 283 g/mol. The van der Waals surface area contributed by atoms with Crippen molar-refractivity contribution in [2.45, 2.75) is 19.1 Å². The summed E-state index contributed by atoms with van der Waals surface area (Å²) in [6, 6.07) is 9.05. The zero-order valence-electron chi connectivity index (χ0n) is 11.3. The summed E-state index contributed by atoms with van der Waals surface area (Å²) in [5, 5.41) is 8.99. The van der Waals surface area contributed by atoms with Crippen LogP contribution in [0.2, 0.25) is 0 Å². The number of carboxylic acids is 1. The molecule has 0 bridgehead atoms. The number of ether oxygens (including phenoxy) is 2. The van der Waals surface area contributed by atoms with Crippen LogP contribution in [0.5, 0.6) is 0 Å². The third-order valence-corrected chi connectivity index (χ3v) is 2.44. The molecular weight excluding hydrogens is 266 g/mol. The van der Waals surface area contributed by atoms with Crippen molar-refractivity contribution < 1.29 is 29.0 Å². The molecule has 0 aromatic heterocycles. The first-order chi connectivity index (χ1) is 9.48. The van der Waals surface area contributed by atoms with E-state index in [0.29, 0.717) is 0 Å². The number of hydrogen-bond acceptors (Lipinski definition) is 5. The summed E-state index contributed by atoms with van der Waals surface area (Å²) >= 11 is 0. The van der Waals surface area contributed by atoms with Crippen LogP contribution in [0.25, 0.3) is 0 Å². The summed E-state index contributed by atoms with van der Waals surface area (Å²) in [5.74, 6) is -1.26. The van der Waals surface area contributed by atoms with Crippen LogP contribution in [0.3, 0.4) is 0 Å². The van der Waals surface area contributed by atoms with E-state index in [-0.39, 0.29) is 13.2 Å². The number of aliphatic carboxylic acids is 1. The normalized spacial score (nSPS) is 13.3. The van der Waals surface area contributed by atoms with Crippen LogP contribution < -0.4 is 5.48 Å². The van der Waals surface area contributed by atoms with Crippen molar-refractivity contribution in [2.24, 2.45) is 0 Å². The molecule has 0 aliphatic carbocycles. The molecule has 0 spiro atoms. The van der Waals surface area contributed by atoms with E-state index in [0.717, 1.165) is 5.56 Å². The fourth-order valence-corrected chi connectivity index (χ4v) is 1.32. The molecule has 0 aliphatic heterocycles. The quantitative estimate of drug-likeness (QED) is 0.733. The Morgan fingerprint density at radius 3 is 2.50 bits per heavy atom. The number of methoxy groups -OCH3 is 1. The molecule has 0 fully saturated rings. The van der Waals surface area contributed by atoms with Crippen LogP contribution in [0, 0.1) is 0 Å². The minimum absolute atomic E-state index is 0.0596. The zero-order valence-corrected chi connectivity index (χ0v) is 11.3. The van der Waals surface area contributed by atoms with E-state index in [2.05, 4.69) is 0 Å². The highest BCUT2D eigenvalue weighted by atomic mass is 16.7. The van der Waals surface area contributed by atoms with Gasteiger partial charge in [0, 0.05) is 7.11 Å². The first-order valence-electron chi connectivity index (χ1n) is 5.85. The van der Waals surface area contributed by atoms with E-state index >= 15 is 0 Å². The van der Waals surface area contributed by atoms with E-state index in [1.54, 1.807) is 12.1 Å². The van der Waals surface area contributed by atoms with Crippen molar-refractivity contribution in [1.29, 1.82) is 0 Å². The molecule has 1 aromatic rings. The Morgan fingerprint density at radius 1 is 1.30 bits per heavy atom. The lowest BCUT2D eigenvalue weighted by molar-refractivity contribution is -0.180. The standard InChI is InChI=1S/C13H17NO6/c1-13(9-18-2,11(15)16)20-14-12(17)19-8-10-6-4-3-5-7-10/h3-7H,8-9H2,1-2H3,(H,14,17)(H,15,16). The molecule has 2 N–H and O–H groups in total. The third kappa shape index (κ3) is 4.87. The summed E-state index contributed by atoms with van der Waals surface area (Å²) in [5.41, 5.74) is 1.06. The molecule has 0 saturated heterocycles. The number of hydroxylamine groups is 1. The molecule has 7 heteroatoms. The summed E-state index contributed by atoms with van der Waals surface area (Å²) in [6.45, 7) is 1.11. The van der Waals surface area contributed by atoms with Crippen LogP contribution in [-0.2, 0) is 25.7 Å². The molecule has 110 valence electrons. The van der Waals surface area contributed by atoms with Crippen LogP contribution in [0.1, 0.15) is 12.5 Å². The van der Waals surface area contributed by atoms with Gasteiger partial charge in [-0.2, -0.15) is 5.48 Å². The molecule has 1 aromatic carbocycles. The van der Waals surface area contributed by atoms with Gasteiger partial charge in [0.25, 0.3) is 0 Å². The van der Waals surface area contributed by atoms with Gasteiger partial charge in [-0.05, 0) is 12.5 Å². The number of rotatable bonds is 7. The highest BCUT2D eigenvalue weighted by molar-refractivity contribution is 5.77. The van der Waals surface area contributed by atoms with E-state index < -0.39 is 17.7 Å². The van der Waals surface area contributed by atoms with Crippen molar-refractivity contribution in [3.8, 4) is 0 Å². The van der Waals surface area contributed by atoms with Gasteiger partial charge in [0.15, 0.2) is 0 Å². The maximum atomic E-state index is 11.4. The maximum Gasteiger partial charge on any atom is 0.431 e. The van der Waals surface area contributed by atoms with Gasteiger partial charge in [0.05, 0.1) is 6.61 Å². The molecule has 1 unspecified atom stereocenters. The number of nitrogens with one attached hydrogen (secondary N) is 1. The number of hydrogen-bond donors (Lipinski definition) is 2. The van der Waals surface area contributed by atoms with Crippen LogP contribution in [-0.4, -0.2) is 36.5 Å². The molecule has 20 heavy (non-hydrogen) atoms. The topological polar surface area (TPSA) is 94.1 Å². The van der Waals surface area contributed by atoms with Crippen molar-refractivity contribution in [1.82, 2.24) is 5.48 Å². The second kappa shape index (κ2) is 7.46. The smallest absolute Gasteiger partial charge is 0.431 e. The number of carbonyl (C=O) groups excluding carboxylic acids is 1. The van der Waals surface area contributed by atoms with E-state index in [9.17, 15) is 9.59 Å². The van der Waals surface area contributed by atoms with Crippen molar-refractivity contribution in [3.05, 3.63) is 35.9 Å². The Kier molecular flexibility index (Phi) is 5.95. The summed E-state index contributed by atoms with van der Waals surface area (Å²) in [4.78, 5) is 27.2. The number of amides is 1. The number of carbonyl (C=O) groups is 2. The molecule has 0 heterocycles. The van der Waals surface area contributed by atoms with Crippen LogP contribution >= 0.6 is 0 Å². The summed E-state index contributed by atoms with van der Waals surface area (Å²) < 4.78 is 9.60. The van der Waals surface area contributed by atoms with Gasteiger partial charge < -0.3 is 14.6 Å². The lowest BCUT2D eigenvalue weighted by Crippen LogP contribution is -2.47. The average Bonchev–Trinajstić information content (AvgIpc) is 2.44. The van der Waals surface area contributed by atoms with Crippen molar-refractivity contribution in [3.63, 3.8) is 0 Å². The van der Waals surface area contributed by atoms with E-state index in [1.807, 2.05) is 23.7 Å². The average molecular weight is 283 g/mol. The highest BCUT2D eigenvalue weighted by Crippen LogP contribution is 2.09. The molecule has 1 rings (SSSR count). The van der Waals surface area contributed by atoms with Gasteiger partial charge in [0.1, 0.15) is 6.61 Å². The molecular formula is C13H17NO6. The summed E-state index contributed by atoms with van der Waals surface area (Å²) in [6.07, 6.45) is -0.877. The lowest BCUT2D eigenvalue weighted by Gasteiger charge is -2.23. The first kappa shape index (κ1) is 15.9. The van der Waals surface area contributed by atoms with Gasteiger partial charge in [-0.15, -0.1) is 0 Å². The highest BCUT2D eigenvalue weighted by Gasteiger charge is 2.36. The SMILES string of the molecule is COCC(C)(ONC(=O)OCc1ccccc1)C(=O)O. The fourth-order valence-electron chi connectivity index (χ4n) is 1.32. The van der Waals surface area contributed by atoms with Gasteiger partial charge in [0.2, 0.25) is 5.60 Å². The van der Waals surface area contributed by atoms with E-state index in [4.69, 9.17) is 19.4 Å². The van der Waals surface area contributed by atoms with Crippen LogP contribution in [0.4, 0.5) is 4.79 Å². The molecule has 0 saturated carbocycles. The van der Waals surface area contributed by atoms with Crippen LogP contribution in [0.15, 0.2) is 30.3 Å². The zero-order chi connectivity index (χ0) is 15.0. The molecule has 0 aliphatic rings. The predicted octanol–water partition coefficient (Wildman–Crippen LogP) is 1.33. The Hall–Kier alpha value is -2.12.